The Morgan fingerprint density at radius 3 is 1.10 bits per heavy atom. The molecule has 1 unspecified atom stereocenters. The number of rotatable bonds is 18. The first-order chi connectivity index (χ1) is 33.1. The highest BCUT2D eigenvalue weighted by Gasteiger charge is 2.39. The molecule has 0 spiro atoms. The highest BCUT2D eigenvalue weighted by atomic mass is 31.2. The average molecular weight is 957 g/mol. The number of hydrogen-bond donors (Lipinski definition) is 1. The Morgan fingerprint density at radius 1 is 0.493 bits per heavy atom. The van der Waals surface area contributed by atoms with Gasteiger partial charge < -0.3 is 14.2 Å². The highest BCUT2D eigenvalue weighted by Crippen LogP contribution is 2.46. The van der Waals surface area contributed by atoms with Crippen LogP contribution in [0.3, 0.4) is 0 Å². The second kappa shape index (κ2) is 21.2. The third kappa shape index (κ3) is 9.64. The monoisotopic (exact) mass is 956 g/mol. The Bertz CT molecular complexity index is 2730. The Labute approximate surface area is 401 Å². The summed E-state index contributed by atoms with van der Waals surface area (Å²) in [5.74, 6) is -2.91. The lowest BCUT2D eigenvalue weighted by Gasteiger charge is -2.35. The minimum Gasteiger partial charge on any atom is -0.395 e. The summed E-state index contributed by atoms with van der Waals surface area (Å²) in [4.78, 5) is 106. The molecule has 0 aliphatic carbocycles. The van der Waals surface area contributed by atoms with Crippen molar-refractivity contribution in [1.29, 1.82) is 5.26 Å². The van der Waals surface area contributed by atoms with Gasteiger partial charge in [0.25, 0.3) is 55.8 Å². The Kier molecular flexibility index (Phi) is 15.4. The van der Waals surface area contributed by atoms with Gasteiger partial charge in [-0.05, 0) is 111 Å². The SMILES string of the molecule is CCCN1C(=O)c2ccc(-c3ccc4c(c3)C(=O)N(CCO)C4=O)cc2C1=O.CCCN1C(=O)c2ccc(-c3ccc4c(c3)C(=O)N(CCOP(OCCC#N)N(C(C)C)C(C)C)C4=O)cc2C1=O. The van der Waals surface area contributed by atoms with Crippen LogP contribution in [0.5, 0.6) is 0 Å². The maximum absolute atomic E-state index is 13.3. The summed E-state index contributed by atoms with van der Waals surface area (Å²) >= 11 is 0. The molecule has 8 amide bonds. The number of aliphatic hydroxyl groups excluding tert-OH is 1. The quantitative estimate of drug-likeness (QED) is 0.0594. The molecule has 18 heteroatoms. The normalized spacial score (nSPS) is 15.4. The Balaban J connectivity index is 0.000000218. The number of nitriles is 1. The minimum absolute atomic E-state index is 0.0505. The van der Waals surface area contributed by atoms with E-state index in [0.717, 1.165) is 4.90 Å². The number of imide groups is 4. The number of amides is 8. The van der Waals surface area contributed by atoms with Crippen LogP contribution in [0, 0.1) is 11.3 Å². The number of carbonyl (C=O) groups excluding carboxylic acids is 8. The van der Waals surface area contributed by atoms with E-state index in [4.69, 9.17) is 19.4 Å². The molecular formula is C51H53N6O11P. The molecule has 8 rings (SSSR count). The van der Waals surface area contributed by atoms with E-state index in [0.29, 0.717) is 81.6 Å². The number of β-amino-alcohol motifs (C(OH)–C–C–N with tert-alkyl or cyclic N) is 1. The van der Waals surface area contributed by atoms with Gasteiger partial charge in [-0.25, -0.2) is 4.67 Å². The van der Waals surface area contributed by atoms with E-state index < -0.39 is 32.2 Å². The van der Waals surface area contributed by atoms with E-state index in [-0.39, 0.29) is 86.2 Å². The Morgan fingerprint density at radius 2 is 0.797 bits per heavy atom. The van der Waals surface area contributed by atoms with Crippen LogP contribution in [0.15, 0.2) is 72.8 Å². The van der Waals surface area contributed by atoms with E-state index in [9.17, 15) is 38.4 Å². The van der Waals surface area contributed by atoms with Gasteiger partial charge in [0.05, 0.1) is 89.9 Å². The van der Waals surface area contributed by atoms with Crippen LogP contribution in [0.2, 0.25) is 0 Å². The van der Waals surface area contributed by atoms with Crippen molar-refractivity contribution in [3.8, 4) is 28.3 Å². The van der Waals surface area contributed by atoms with Crippen molar-refractivity contribution in [2.45, 2.75) is 72.9 Å². The number of carbonyl (C=O) groups is 8. The molecular weight excluding hydrogens is 904 g/mol. The zero-order valence-corrected chi connectivity index (χ0v) is 40.2. The number of nitrogens with zero attached hydrogens (tertiary/aromatic N) is 6. The van der Waals surface area contributed by atoms with Gasteiger partial charge in [-0.2, -0.15) is 5.26 Å². The molecule has 0 aromatic heterocycles. The first-order valence-electron chi connectivity index (χ1n) is 22.9. The predicted octanol–water partition coefficient (Wildman–Crippen LogP) is 7.20. The van der Waals surface area contributed by atoms with Crippen molar-refractivity contribution in [1.82, 2.24) is 24.3 Å². The van der Waals surface area contributed by atoms with Crippen molar-refractivity contribution >= 4 is 55.8 Å². The fraction of sp³-hybridized carbons (Fsp3) is 0.353. The maximum Gasteiger partial charge on any atom is 0.261 e. The molecule has 4 heterocycles. The van der Waals surface area contributed by atoms with Gasteiger partial charge >= 0.3 is 0 Å². The van der Waals surface area contributed by atoms with Crippen LogP contribution < -0.4 is 0 Å². The lowest BCUT2D eigenvalue weighted by atomic mass is 9.97. The van der Waals surface area contributed by atoms with Crippen molar-refractivity contribution in [3.05, 3.63) is 117 Å². The van der Waals surface area contributed by atoms with Crippen LogP contribution in [-0.4, -0.2) is 135 Å². The molecule has 4 aliphatic heterocycles. The summed E-state index contributed by atoms with van der Waals surface area (Å²) in [5, 5.41) is 18.0. The largest absolute Gasteiger partial charge is 0.395 e. The van der Waals surface area contributed by atoms with Gasteiger partial charge in [0.1, 0.15) is 0 Å². The molecule has 4 aromatic carbocycles. The standard InChI is InChI=1S/C30H35N4O6P.C21H18N2O5/c1-6-13-32-27(35)23-10-8-21(17-25(23)29(32)37)22-9-11-24-26(18-22)30(38)33(28(24)36)14-16-40-41(39-15-7-12-31)34(19(2)3)20(4)5;1-2-7-22-18(25)14-5-3-12(10-16(14)20(22)27)13-4-6-15-17(11-13)21(28)23(8-9-24)19(15)26/h8-11,17-20H,6-7,13-16H2,1-5H3;3-6,10-11,24H,2,7-9H2,1H3. The van der Waals surface area contributed by atoms with E-state index >= 15 is 0 Å². The second-order valence-electron chi connectivity index (χ2n) is 17.2. The van der Waals surface area contributed by atoms with Crippen molar-refractivity contribution in [2.24, 2.45) is 0 Å². The van der Waals surface area contributed by atoms with Gasteiger partial charge in [0.2, 0.25) is 0 Å². The molecule has 1 N–H and O–H groups in total. The molecule has 4 aromatic rings. The molecule has 0 radical (unpaired) electrons. The molecule has 0 saturated carbocycles. The first kappa shape index (κ1) is 50.1. The van der Waals surface area contributed by atoms with Gasteiger partial charge in [-0.3, -0.25) is 58.0 Å². The molecule has 358 valence electrons. The van der Waals surface area contributed by atoms with E-state index in [1.54, 1.807) is 72.8 Å². The van der Waals surface area contributed by atoms with Gasteiger partial charge in [-0.1, -0.05) is 38.1 Å². The van der Waals surface area contributed by atoms with Crippen LogP contribution in [0.1, 0.15) is 144 Å². The molecule has 4 aliphatic rings. The zero-order chi connectivity index (χ0) is 49.8. The highest BCUT2D eigenvalue weighted by molar-refractivity contribution is 7.44. The van der Waals surface area contributed by atoms with Gasteiger partial charge in [0, 0.05) is 25.2 Å². The molecule has 0 fully saturated rings. The van der Waals surface area contributed by atoms with Crippen LogP contribution in [0.4, 0.5) is 0 Å². The Hall–Kier alpha value is -6.80. The molecule has 17 nitrogen and oxygen atoms in total. The minimum atomic E-state index is -1.49. The van der Waals surface area contributed by atoms with Crippen LogP contribution in [0.25, 0.3) is 22.3 Å². The number of aliphatic hydroxyl groups is 1. The van der Waals surface area contributed by atoms with Crippen molar-refractivity contribution in [2.75, 3.05) is 46.0 Å². The van der Waals surface area contributed by atoms with Gasteiger partial charge in [-0.15, -0.1) is 0 Å². The van der Waals surface area contributed by atoms with Crippen molar-refractivity contribution in [3.63, 3.8) is 0 Å². The third-order valence-electron chi connectivity index (χ3n) is 11.9. The van der Waals surface area contributed by atoms with E-state index in [2.05, 4.69) is 10.7 Å². The van der Waals surface area contributed by atoms with Crippen molar-refractivity contribution < 1.29 is 52.5 Å². The molecule has 0 bridgehead atoms. The maximum atomic E-state index is 13.3. The summed E-state index contributed by atoms with van der Waals surface area (Å²) in [6.45, 7) is 12.7. The van der Waals surface area contributed by atoms with Crippen LogP contribution in [-0.2, 0) is 9.05 Å². The second-order valence-corrected chi connectivity index (χ2v) is 18.6. The fourth-order valence-corrected chi connectivity index (χ4v) is 10.3. The molecule has 69 heavy (non-hydrogen) atoms. The van der Waals surface area contributed by atoms with Gasteiger partial charge in [0.15, 0.2) is 0 Å². The fourth-order valence-electron chi connectivity index (χ4n) is 8.76. The lowest BCUT2D eigenvalue weighted by molar-refractivity contribution is 0.0610. The number of benzene rings is 4. The molecule has 1 atom stereocenters. The average Bonchev–Trinajstić information content (AvgIpc) is 3.91. The molecule has 0 saturated heterocycles. The topological polar surface area (TPSA) is 215 Å². The summed E-state index contributed by atoms with van der Waals surface area (Å²) in [6.07, 6.45) is 1.59. The number of hydrogen-bond acceptors (Lipinski definition) is 13. The summed E-state index contributed by atoms with van der Waals surface area (Å²) in [7, 11) is -1.49. The predicted molar refractivity (Wildman–Crippen MR) is 254 cm³/mol. The zero-order valence-electron chi connectivity index (χ0n) is 39.3. The van der Waals surface area contributed by atoms with E-state index in [1.807, 2.05) is 41.5 Å². The first-order valence-corrected chi connectivity index (χ1v) is 24.0. The van der Waals surface area contributed by atoms with E-state index in [1.165, 1.54) is 14.7 Å². The summed E-state index contributed by atoms with van der Waals surface area (Å²) in [5.41, 5.74) is 5.28. The van der Waals surface area contributed by atoms with Crippen LogP contribution >= 0.6 is 8.53 Å². The lowest BCUT2D eigenvalue weighted by Crippen LogP contribution is -2.36. The third-order valence-corrected chi connectivity index (χ3v) is 14.1. The summed E-state index contributed by atoms with van der Waals surface area (Å²) in [6, 6.07) is 22.3. The summed E-state index contributed by atoms with van der Waals surface area (Å²) < 4.78 is 14.0. The number of fused-ring (bicyclic) bond motifs is 4. The smallest absolute Gasteiger partial charge is 0.261 e.